The molecule has 18 heavy (non-hydrogen) atoms. The summed E-state index contributed by atoms with van der Waals surface area (Å²) in [4.78, 5) is 11.1. The van der Waals surface area contributed by atoms with Crippen LogP contribution in [0, 0.1) is 0 Å². The number of ether oxygens (including phenoxy) is 1. The van der Waals surface area contributed by atoms with Gasteiger partial charge in [0.2, 0.25) is 0 Å². The van der Waals surface area contributed by atoms with Gasteiger partial charge in [-0.15, -0.1) is 0 Å². The van der Waals surface area contributed by atoms with Gasteiger partial charge in [0.25, 0.3) is 0 Å². The van der Waals surface area contributed by atoms with Crippen molar-refractivity contribution in [3.05, 3.63) is 29.8 Å². The van der Waals surface area contributed by atoms with E-state index in [0.29, 0.717) is 17.3 Å². The largest absolute Gasteiger partial charge is 0.478 e. The van der Waals surface area contributed by atoms with Gasteiger partial charge in [-0.3, -0.25) is 0 Å². The highest BCUT2D eigenvalue weighted by Crippen LogP contribution is 2.25. The number of carboxylic acid groups (broad SMARTS) is 1. The molecule has 2 N–H and O–H groups in total. The molecule has 0 radical (unpaired) electrons. The van der Waals surface area contributed by atoms with Crippen LogP contribution < -0.4 is 5.32 Å². The van der Waals surface area contributed by atoms with Crippen molar-refractivity contribution in [2.75, 3.05) is 12.4 Å². The fourth-order valence-electron chi connectivity index (χ4n) is 2.51. The molecule has 1 fully saturated rings. The number of hydrogen-bond acceptors (Lipinski definition) is 3. The summed E-state index contributed by atoms with van der Waals surface area (Å²) in [5, 5.41) is 12.5. The van der Waals surface area contributed by atoms with Gasteiger partial charge in [0, 0.05) is 18.8 Å². The first-order valence-corrected chi connectivity index (χ1v) is 6.32. The molecular weight excluding hydrogens is 230 g/mol. The van der Waals surface area contributed by atoms with Crippen LogP contribution in [-0.2, 0) is 4.74 Å². The zero-order chi connectivity index (χ0) is 13.0. The average molecular weight is 249 g/mol. The van der Waals surface area contributed by atoms with Gasteiger partial charge in [-0.1, -0.05) is 12.1 Å². The predicted molar refractivity (Wildman–Crippen MR) is 70.1 cm³/mol. The van der Waals surface area contributed by atoms with Crippen molar-refractivity contribution >= 4 is 11.7 Å². The molecule has 0 saturated heterocycles. The number of hydrogen-bond donors (Lipinski definition) is 2. The Morgan fingerprint density at radius 1 is 1.39 bits per heavy atom. The maximum atomic E-state index is 11.1. The summed E-state index contributed by atoms with van der Waals surface area (Å²) in [6, 6.07) is 7.34. The minimum Gasteiger partial charge on any atom is -0.478 e. The van der Waals surface area contributed by atoms with Crippen LogP contribution in [0.15, 0.2) is 24.3 Å². The molecule has 0 heterocycles. The number of nitrogens with one attached hydrogen (secondary N) is 1. The van der Waals surface area contributed by atoms with Crippen molar-refractivity contribution in [1.82, 2.24) is 0 Å². The second-order valence-corrected chi connectivity index (χ2v) is 4.72. The number of aromatic carboxylic acids is 1. The van der Waals surface area contributed by atoms with E-state index in [1.165, 1.54) is 0 Å². The molecule has 0 aromatic heterocycles. The molecule has 0 aliphatic heterocycles. The number of rotatable bonds is 4. The summed E-state index contributed by atoms with van der Waals surface area (Å²) in [7, 11) is 1.73. The van der Waals surface area contributed by atoms with Crippen molar-refractivity contribution in [3.8, 4) is 0 Å². The first-order chi connectivity index (χ1) is 8.70. The Labute approximate surface area is 107 Å². The lowest BCUT2D eigenvalue weighted by Crippen LogP contribution is -2.31. The Morgan fingerprint density at radius 3 is 2.89 bits per heavy atom. The fourth-order valence-corrected chi connectivity index (χ4v) is 2.51. The zero-order valence-corrected chi connectivity index (χ0v) is 10.6. The van der Waals surface area contributed by atoms with Crippen LogP contribution in [0.2, 0.25) is 0 Å². The molecule has 1 aliphatic rings. The molecule has 0 bridgehead atoms. The number of methoxy groups -OCH3 is 1. The van der Waals surface area contributed by atoms with Gasteiger partial charge in [0.15, 0.2) is 0 Å². The number of carboxylic acids is 1. The first kappa shape index (κ1) is 12.9. The molecular formula is C14H19NO3. The molecule has 98 valence electrons. The Balaban J connectivity index is 2.07. The summed E-state index contributed by atoms with van der Waals surface area (Å²) in [6.07, 6.45) is 4.49. The maximum Gasteiger partial charge on any atom is 0.337 e. The summed E-state index contributed by atoms with van der Waals surface area (Å²) in [5.74, 6) is -0.891. The summed E-state index contributed by atoms with van der Waals surface area (Å²) in [6.45, 7) is 0. The lowest BCUT2D eigenvalue weighted by atomic mass is 9.92. The van der Waals surface area contributed by atoms with Crippen molar-refractivity contribution in [1.29, 1.82) is 0 Å². The highest BCUT2D eigenvalue weighted by molar-refractivity contribution is 5.94. The lowest BCUT2D eigenvalue weighted by Gasteiger charge is -2.29. The molecule has 1 saturated carbocycles. The number of anilines is 1. The molecule has 1 aliphatic carbocycles. The van der Waals surface area contributed by atoms with Crippen molar-refractivity contribution in [2.45, 2.75) is 37.8 Å². The lowest BCUT2D eigenvalue weighted by molar-refractivity contribution is 0.0668. The predicted octanol–water partition coefficient (Wildman–Crippen LogP) is 2.75. The summed E-state index contributed by atoms with van der Waals surface area (Å²) in [5.41, 5.74) is 1.03. The van der Waals surface area contributed by atoms with Crippen molar-refractivity contribution in [3.63, 3.8) is 0 Å². The third-order valence-corrected chi connectivity index (χ3v) is 3.48. The highest BCUT2D eigenvalue weighted by atomic mass is 16.5. The smallest absolute Gasteiger partial charge is 0.337 e. The van der Waals surface area contributed by atoms with Crippen molar-refractivity contribution < 1.29 is 14.6 Å². The quantitative estimate of drug-likeness (QED) is 0.861. The molecule has 0 spiro atoms. The van der Waals surface area contributed by atoms with E-state index >= 15 is 0 Å². The van der Waals surface area contributed by atoms with E-state index in [1.807, 2.05) is 12.1 Å². The van der Waals surface area contributed by atoms with Gasteiger partial charge in [0.05, 0.1) is 11.7 Å². The number of benzene rings is 1. The fraction of sp³-hybridized carbons (Fsp3) is 0.500. The normalized spacial score (nSPS) is 23.6. The Morgan fingerprint density at radius 2 is 2.17 bits per heavy atom. The first-order valence-electron chi connectivity index (χ1n) is 6.32. The molecule has 1 aromatic carbocycles. The standard InChI is InChI=1S/C14H19NO3/c1-18-11-6-4-5-10(9-11)15-13-8-3-2-7-12(13)14(16)17/h2-3,7-8,10-11,15H,4-6,9H2,1H3,(H,16,17). The molecule has 0 amide bonds. The van der Waals surface area contributed by atoms with Crippen LogP contribution in [0.25, 0.3) is 0 Å². The molecule has 2 rings (SSSR count). The monoisotopic (exact) mass is 249 g/mol. The molecule has 2 unspecified atom stereocenters. The van der Waals surface area contributed by atoms with Gasteiger partial charge in [0.1, 0.15) is 0 Å². The third-order valence-electron chi connectivity index (χ3n) is 3.48. The third kappa shape index (κ3) is 3.01. The SMILES string of the molecule is COC1CCCC(Nc2ccccc2C(=O)O)C1. The van der Waals surface area contributed by atoms with Crippen LogP contribution in [0.3, 0.4) is 0 Å². The van der Waals surface area contributed by atoms with Gasteiger partial charge >= 0.3 is 5.97 Å². The zero-order valence-electron chi connectivity index (χ0n) is 10.6. The van der Waals surface area contributed by atoms with Crippen LogP contribution in [0.4, 0.5) is 5.69 Å². The number of para-hydroxylation sites is 1. The summed E-state index contributed by atoms with van der Waals surface area (Å²) < 4.78 is 5.38. The Kier molecular flexibility index (Phi) is 4.20. The Bertz CT molecular complexity index is 419. The molecule has 4 nitrogen and oxygen atoms in total. The summed E-state index contributed by atoms with van der Waals surface area (Å²) >= 11 is 0. The van der Waals surface area contributed by atoms with Crippen LogP contribution in [0.5, 0.6) is 0 Å². The van der Waals surface area contributed by atoms with E-state index in [1.54, 1.807) is 19.2 Å². The molecule has 2 atom stereocenters. The topological polar surface area (TPSA) is 58.6 Å². The minimum absolute atomic E-state index is 0.285. The molecule has 1 aromatic rings. The Hall–Kier alpha value is -1.55. The number of carbonyl (C=O) groups is 1. The highest BCUT2D eigenvalue weighted by Gasteiger charge is 2.22. The van der Waals surface area contributed by atoms with E-state index < -0.39 is 5.97 Å². The second-order valence-electron chi connectivity index (χ2n) is 4.72. The van der Waals surface area contributed by atoms with Crippen molar-refractivity contribution in [2.24, 2.45) is 0 Å². The van der Waals surface area contributed by atoms with E-state index in [4.69, 9.17) is 9.84 Å². The van der Waals surface area contributed by atoms with E-state index in [-0.39, 0.29) is 6.10 Å². The second kappa shape index (κ2) is 5.87. The van der Waals surface area contributed by atoms with Gasteiger partial charge in [-0.05, 0) is 37.8 Å². The van der Waals surface area contributed by atoms with E-state index in [2.05, 4.69) is 5.32 Å². The maximum absolute atomic E-state index is 11.1. The molecule has 4 heteroatoms. The van der Waals surface area contributed by atoms with Gasteiger partial charge < -0.3 is 15.2 Å². The van der Waals surface area contributed by atoms with E-state index in [9.17, 15) is 4.79 Å². The van der Waals surface area contributed by atoms with Gasteiger partial charge in [-0.2, -0.15) is 0 Å². The van der Waals surface area contributed by atoms with E-state index in [0.717, 1.165) is 25.7 Å². The van der Waals surface area contributed by atoms with Crippen LogP contribution >= 0.6 is 0 Å². The van der Waals surface area contributed by atoms with Crippen LogP contribution in [-0.4, -0.2) is 30.3 Å². The van der Waals surface area contributed by atoms with Gasteiger partial charge in [-0.25, -0.2) is 4.79 Å². The minimum atomic E-state index is -0.891. The average Bonchev–Trinajstić information content (AvgIpc) is 2.39. The van der Waals surface area contributed by atoms with Crippen LogP contribution in [0.1, 0.15) is 36.0 Å².